The van der Waals surface area contributed by atoms with Crippen LogP contribution in [0.1, 0.15) is 34.0 Å². The monoisotopic (exact) mass is 428 g/mol. The van der Waals surface area contributed by atoms with Crippen molar-refractivity contribution < 1.29 is 9.18 Å². The van der Waals surface area contributed by atoms with Crippen LogP contribution >= 0.6 is 0 Å². The topological polar surface area (TPSA) is 50.2 Å². The Morgan fingerprint density at radius 2 is 1.88 bits per heavy atom. The number of carbonyl (C=O) groups is 1. The van der Waals surface area contributed by atoms with Crippen molar-refractivity contribution in [2.45, 2.75) is 26.3 Å². The molecule has 5 rings (SSSR count). The van der Waals surface area contributed by atoms with Crippen LogP contribution in [0.15, 0.2) is 60.8 Å². The van der Waals surface area contributed by atoms with Gasteiger partial charge in [-0.1, -0.05) is 18.2 Å². The molecule has 0 saturated carbocycles. The predicted molar refractivity (Wildman–Crippen MR) is 124 cm³/mol. The van der Waals surface area contributed by atoms with Gasteiger partial charge in [0.25, 0.3) is 0 Å². The molecule has 1 N–H and O–H groups in total. The minimum atomic E-state index is -0.417. The third kappa shape index (κ3) is 3.42. The first kappa shape index (κ1) is 20.2. The number of carbonyl (C=O) groups excluding carboxylic acids is 1. The van der Waals surface area contributed by atoms with Crippen molar-refractivity contribution in [3.8, 4) is 0 Å². The number of nitrogens with zero attached hydrogens (tertiary/aromatic N) is 3. The Bertz CT molecular complexity index is 1320. The highest BCUT2D eigenvalue weighted by atomic mass is 19.1. The predicted octanol–water partition coefficient (Wildman–Crippen LogP) is 5.51. The maximum atomic E-state index is 14.2. The number of pyridine rings is 1. The van der Waals surface area contributed by atoms with Gasteiger partial charge in [0, 0.05) is 30.9 Å². The van der Waals surface area contributed by atoms with Gasteiger partial charge < -0.3 is 14.8 Å². The van der Waals surface area contributed by atoms with Gasteiger partial charge in [0.2, 0.25) is 0 Å². The second-order valence-corrected chi connectivity index (χ2v) is 8.50. The van der Waals surface area contributed by atoms with Gasteiger partial charge in [-0.15, -0.1) is 0 Å². The molecule has 0 aliphatic carbocycles. The molecule has 32 heavy (non-hydrogen) atoms. The van der Waals surface area contributed by atoms with Gasteiger partial charge in [0.15, 0.2) is 0 Å². The lowest BCUT2D eigenvalue weighted by Crippen LogP contribution is -2.43. The zero-order valence-electron chi connectivity index (χ0n) is 18.4. The first-order chi connectivity index (χ1) is 15.4. The number of hydrogen-bond donors (Lipinski definition) is 1. The molecule has 0 spiro atoms. The van der Waals surface area contributed by atoms with Crippen molar-refractivity contribution in [1.29, 1.82) is 0 Å². The van der Waals surface area contributed by atoms with Crippen LogP contribution in [0, 0.1) is 19.7 Å². The van der Waals surface area contributed by atoms with Gasteiger partial charge in [-0.05, 0) is 78.9 Å². The third-order valence-electron chi connectivity index (χ3n) is 6.17. The molecule has 1 aliphatic heterocycles. The number of nitrogens with one attached hydrogen (secondary N) is 1. The van der Waals surface area contributed by atoms with Crippen molar-refractivity contribution >= 4 is 22.8 Å². The lowest BCUT2D eigenvalue weighted by Gasteiger charge is -2.37. The van der Waals surface area contributed by atoms with E-state index in [0.717, 1.165) is 39.1 Å². The number of rotatable bonds is 2. The third-order valence-corrected chi connectivity index (χ3v) is 6.17. The van der Waals surface area contributed by atoms with E-state index in [4.69, 9.17) is 0 Å². The molecule has 1 aliphatic rings. The molecule has 4 aromatic rings. The Morgan fingerprint density at radius 1 is 1.09 bits per heavy atom. The van der Waals surface area contributed by atoms with Gasteiger partial charge in [-0.3, -0.25) is 0 Å². The van der Waals surface area contributed by atoms with E-state index in [1.54, 1.807) is 17.2 Å². The van der Waals surface area contributed by atoms with Crippen molar-refractivity contribution in [3.63, 3.8) is 0 Å². The van der Waals surface area contributed by atoms with Gasteiger partial charge in [-0.25, -0.2) is 14.2 Å². The smallest absolute Gasteiger partial charge is 0.322 e. The second-order valence-electron chi connectivity index (χ2n) is 8.50. The molecule has 2 amide bonds. The number of fused-ring (bicyclic) bond motifs is 3. The van der Waals surface area contributed by atoms with E-state index in [2.05, 4.69) is 22.4 Å². The minimum Gasteiger partial charge on any atom is -0.330 e. The fourth-order valence-corrected chi connectivity index (χ4v) is 4.95. The Kier molecular flexibility index (Phi) is 4.93. The summed E-state index contributed by atoms with van der Waals surface area (Å²) < 4.78 is 16.3. The van der Waals surface area contributed by atoms with E-state index in [9.17, 15) is 9.18 Å². The number of halogens is 1. The highest BCUT2D eigenvalue weighted by molar-refractivity contribution is 5.91. The van der Waals surface area contributed by atoms with Crippen molar-refractivity contribution in [2.24, 2.45) is 7.05 Å². The maximum absolute atomic E-state index is 14.2. The van der Waals surface area contributed by atoms with Crippen molar-refractivity contribution in [3.05, 3.63) is 94.6 Å². The average molecular weight is 429 g/mol. The molecular formula is C26H25FN4O. The van der Waals surface area contributed by atoms with E-state index >= 15 is 0 Å². The molecule has 0 fully saturated rings. The lowest BCUT2D eigenvalue weighted by molar-refractivity contribution is 0.191. The molecule has 5 nitrogen and oxygen atoms in total. The lowest BCUT2D eigenvalue weighted by atomic mass is 9.92. The van der Waals surface area contributed by atoms with Crippen molar-refractivity contribution in [1.82, 2.24) is 14.5 Å². The number of hydrogen-bond acceptors (Lipinski definition) is 2. The maximum Gasteiger partial charge on any atom is 0.322 e. The van der Waals surface area contributed by atoms with E-state index in [-0.39, 0.29) is 11.8 Å². The van der Waals surface area contributed by atoms with E-state index < -0.39 is 6.04 Å². The Morgan fingerprint density at radius 3 is 2.62 bits per heavy atom. The van der Waals surface area contributed by atoms with Gasteiger partial charge in [0.1, 0.15) is 11.5 Å². The Labute approximate surface area is 186 Å². The van der Waals surface area contributed by atoms with E-state index in [1.807, 2.05) is 49.7 Å². The van der Waals surface area contributed by atoms with E-state index in [0.29, 0.717) is 13.0 Å². The van der Waals surface area contributed by atoms with Crippen molar-refractivity contribution in [2.75, 3.05) is 11.9 Å². The number of aryl methyl sites for hydroxylation is 3. The minimum absolute atomic E-state index is 0.201. The summed E-state index contributed by atoms with van der Waals surface area (Å²) in [5.41, 5.74) is 6.69. The van der Waals surface area contributed by atoms with Crippen LogP contribution in [0.3, 0.4) is 0 Å². The van der Waals surface area contributed by atoms with E-state index in [1.165, 1.54) is 17.7 Å². The fraction of sp³-hybridized carbons (Fsp3) is 0.231. The van der Waals surface area contributed by atoms with Crippen LogP contribution < -0.4 is 5.32 Å². The summed E-state index contributed by atoms with van der Waals surface area (Å²) in [7, 11) is 1.96. The molecule has 0 saturated heterocycles. The molecule has 1 atom stereocenters. The summed E-state index contributed by atoms with van der Waals surface area (Å²) in [5.74, 6) is -0.318. The SMILES string of the molecule is Cc1cc(C)cc(NC(=O)N2CCc3c(n(C)c4ncccc34)C2c2cccc(F)c2)c1. The number of urea groups is 1. The summed E-state index contributed by atoms with van der Waals surface area (Å²) in [5, 5.41) is 4.14. The molecule has 0 radical (unpaired) electrons. The van der Waals surface area contributed by atoms with Gasteiger partial charge >= 0.3 is 6.03 Å². The quantitative estimate of drug-likeness (QED) is 0.458. The van der Waals surface area contributed by atoms with Crippen LogP contribution in [0.25, 0.3) is 11.0 Å². The molecule has 2 aromatic carbocycles. The molecule has 2 aromatic heterocycles. The molecule has 0 bridgehead atoms. The van der Waals surface area contributed by atoms with Crippen LogP contribution in [0.4, 0.5) is 14.9 Å². The summed E-state index contributed by atoms with van der Waals surface area (Å²) in [4.78, 5) is 19.8. The number of anilines is 1. The van der Waals surface area contributed by atoms with Crippen LogP contribution in [-0.2, 0) is 13.5 Å². The highest BCUT2D eigenvalue weighted by Crippen LogP contribution is 2.40. The summed E-state index contributed by atoms with van der Waals surface area (Å²) >= 11 is 0. The second kappa shape index (κ2) is 7.79. The first-order valence-corrected chi connectivity index (χ1v) is 10.8. The summed E-state index contributed by atoms with van der Waals surface area (Å²) in [6, 6.07) is 15.9. The summed E-state index contributed by atoms with van der Waals surface area (Å²) in [6.45, 7) is 4.54. The molecule has 162 valence electrons. The number of benzene rings is 2. The molecule has 6 heteroatoms. The number of aromatic nitrogens is 2. The molecule has 1 unspecified atom stereocenters. The molecule has 3 heterocycles. The largest absolute Gasteiger partial charge is 0.330 e. The Balaban J connectivity index is 1.62. The summed E-state index contributed by atoms with van der Waals surface area (Å²) in [6.07, 6.45) is 2.49. The Hall–Kier alpha value is -3.67. The zero-order chi connectivity index (χ0) is 22.4. The average Bonchev–Trinajstić information content (AvgIpc) is 3.05. The van der Waals surface area contributed by atoms with Gasteiger partial charge in [-0.2, -0.15) is 0 Å². The molecular weight excluding hydrogens is 403 g/mol. The first-order valence-electron chi connectivity index (χ1n) is 10.8. The normalized spacial score (nSPS) is 15.6. The fourth-order valence-electron chi connectivity index (χ4n) is 4.95. The highest BCUT2D eigenvalue weighted by Gasteiger charge is 2.36. The zero-order valence-corrected chi connectivity index (χ0v) is 18.4. The standard InChI is InChI=1S/C26H25FN4O/c1-16-12-17(2)14-20(13-16)29-26(32)31-11-9-21-22-8-5-10-28-25(22)30(3)24(21)23(31)18-6-4-7-19(27)15-18/h4-8,10,12-15,23H,9,11H2,1-3H3,(H,29,32). The van der Waals surface area contributed by atoms with Crippen LogP contribution in [0.5, 0.6) is 0 Å². The number of amides is 2. The van der Waals surface area contributed by atoms with Crippen LogP contribution in [-0.4, -0.2) is 27.0 Å². The van der Waals surface area contributed by atoms with Gasteiger partial charge in [0.05, 0.1) is 11.7 Å². The van der Waals surface area contributed by atoms with Crippen LogP contribution in [0.2, 0.25) is 0 Å².